The third-order valence-corrected chi connectivity index (χ3v) is 5.13. The lowest BCUT2D eigenvalue weighted by Gasteiger charge is -2.08. The summed E-state index contributed by atoms with van der Waals surface area (Å²) < 4.78 is 19.2. The summed E-state index contributed by atoms with van der Waals surface area (Å²) in [7, 11) is 0. The molecule has 0 fully saturated rings. The molecule has 0 aliphatic heterocycles. The van der Waals surface area contributed by atoms with E-state index in [0.29, 0.717) is 33.1 Å². The summed E-state index contributed by atoms with van der Waals surface area (Å²) in [6.07, 6.45) is 0. The number of pyridine rings is 1. The van der Waals surface area contributed by atoms with Gasteiger partial charge < -0.3 is 9.63 Å². The monoisotopic (exact) mass is 418 g/mol. The first-order chi connectivity index (χ1) is 14.5. The smallest absolute Gasteiger partial charge is 0.336 e. The van der Waals surface area contributed by atoms with Crippen LogP contribution in [0, 0.1) is 5.82 Å². The van der Waals surface area contributed by atoms with Crippen molar-refractivity contribution in [2.75, 3.05) is 0 Å². The zero-order valence-corrected chi connectivity index (χ0v) is 16.0. The van der Waals surface area contributed by atoms with Crippen LogP contribution in [0.25, 0.3) is 44.4 Å². The van der Waals surface area contributed by atoms with Gasteiger partial charge in [-0.3, -0.25) is 0 Å². The average molecular weight is 419 g/mol. The quantitative estimate of drug-likeness (QED) is 0.377. The minimum absolute atomic E-state index is 0.0159. The molecule has 0 atom stereocenters. The van der Waals surface area contributed by atoms with Crippen LogP contribution in [-0.4, -0.2) is 21.2 Å². The molecule has 0 spiro atoms. The van der Waals surface area contributed by atoms with Gasteiger partial charge in [-0.05, 0) is 60.7 Å². The Hall–Kier alpha value is -3.77. The second-order valence-electron chi connectivity index (χ2n) is 6.77. The molecular weight excluding hydrogens is 407 g/mol. The lowest BCUT2D eigenvalue weighted by Crippen LogP contribution is -2.00. The van der Waals surface area contributed by atoms with Crippen LogP contribution in [0.1, 0.15) is 10.4 Å². The molecule has 1 N–H and O–H groups in total. The first kappa shape index (κ1) is 18.3. The van der Waals surface area contributed by atoms with E-state index in [4.69, 9.17) is 16.1 Å². The Morgan fingerprint density at radius 1 is 0.900 bits per heavy atom. The van der Waals surface area contributed by atoms with Crippen molar-refractivity contribution in [3.63, 3.8) is 0 Å². The molecule has 0 saturated carbocycles. The molecule has 2 aromatic heterocycles. The summed E-state index contributed by atoms with van der Waals surface area (Å²) in [5, 5.41) is 15.3. The zero-order chi connectivity index (χ0) is 20.8. The highest BCUT2D eigenvalue weighted by Crippen LogP contribution is 2.33. The predicted molar refractivity (Wildman–Crippen MR) is 112 cm³/mol. The number of nitrogens with zero attached hydrogens (tertiary/aromatic N) is 2. The number of benzene rings is 3. The van der Waals surface area contributed by atoms with E-state index in [0.717, 1.165) is 10.9 Å². The van der Waals surface area contributed by atoms with E-state index < -0.39 is 11.8 Å². The Kier molecular flexibility index (Phi) is 4.22. The number of aromatic nitrogens is 2. The molecule has 0 bridgehead atoms. The molecule has 5 nitrogen and oxygen atoms in total. The summed E-state index contributed by atoms with van der Waals surface area (Å²) >= 11 is 5.97. The van der Waals surface area contributed by atoms with E-state index in [9.17, 15) is 14.3 Å². The minimum Gasteiger partial charge on any atom is -0.478 e. The summed E-state index contributed by atoms with van der Waals surface area (Å²) in [5.74, 6) is -1.09. The van der Waals surface area contributed by atoms with Crippen molar-refractivity contribution in [3.05, 3.63) is 83.1 Å². The molecule has 0 radical (unpaired) electrons. The molecule has 3 aromatic carbocycles. The summed E-state index contributed by atoms with van der Waals surface area (Å²) in [5.41, 5.74) is 3.00. The van der Waals surface area contributed by atoms with E-state index in [1.165, 1.54) is 24.3 Å². The van der Waals surface area contributed by atoms with Crippen LogP contribution in [0.5, 0.6) is 0 Å². The molecular formula is C23H12ClFN2O3. The van der Waals surface area contributed by atoms with Gasteiger partial charge >= 0.3 is 5.97 Å². The van der Waals surface area contributed by atoms with Gasteiger partial charge in [0.05, 0.1) is 22.2 Å². The Labute approximate surface area is 174 Å². The van der Waals surface area contributed by atoms with Gasteiger partial charge in [-0.25, -0.2) is 14.2 Å². The van der Waals surface area contributed by atoms with Gasteiger partial charge in [0, 0.05) is 21.5 Å². The fourth-order valence-electron chi connectivity index (χ4n) is 3.43. The third kappa shape index (κ3) is 3.07. The van der Waals surface area contributed by atoms with Crippen LogP contribution in [0.4, 0.5) is 4.39 Å². The van der Waals surface area contributed by atoms with Crippen molar-refractivity contribution in [2.45, 2.75) is 0 Å². The number of aromatic carboxylic acids is 1. The number of fused-ring (bicyclic) bond motifs is 2. The fourth-order valence-corrected chi connectivity index (χ4v) is 3.56. The van der Waals surface area contributed by atoms with Crippen molar-refractivity contribution >= 4 is 39.4 Å². The highest BCUT2D eigenvalue weighted by atomic mass is 35.5. The van der Waals surface area contributed by atoms with Gasteiger partial charge in [-0.2, -0.15) is 0 Å². The van der Waals surface area contributed by atoms with Crippen molar-refractivity contribution in [1.29, 1.82) is 0 Å². The molecule has 5 aromatic rings. The minimum atomic E-state index is -1.15. The molecule has 5 rings (SSSR count). The highest BCUT2D eigenvalue weighted by molar-refractivity contribution is 6.30. The maximum atomic E-state index is 13.6. The molecule has 2 heterocycles. The highest BCUT2D eigenvalue weighted by Gasteiger charge is 2.16. The Bertz CT molecular complexity index is 1440. The molecule has 0 saturated heterocycles. The fraction of sp³-hybridized carbons (Fsp3) is 0. The summed E-state index contributed by atoms with van der Waals surface area (Å²) in [4.78, 5) is 16.3. The number of halogens is 2. The maximum Gasteiger partial charge on any atom is 0.336 e. The molecule has 7 heteroatoms. The molecule has 0 aliphatic carbocycles. The molecule has 30 heavy (non-hydrogen) atoms. The lowest BCUT2D eigenvalue weighted by molar-refractivity contribution is 0.0699. The van der Waals surface area contributed by atoms with Crippen LogP contribution >= 0.6 is 11.6 Å². The van der Waals surface area contributed by atoms with Crippen LogP contribution < -0.4 is 0 Å². The number of hydrogen-bond donors (Lipinski definition) is 1. The SMILES string of the molecule is O=C(O)c1cc(-c2ccc3noc(-c4ccc(Cl)cc4)c3c2)nc2ccc(F)cc12. The van der Waals surface area contributed by atoms with E-state index in [1.807, 2.05) is 18.2 Å². The number of carboxylic acid groups (broad SMARTS) is 1. The van der Waals surface area contributed by atoms with Gasteiger partial charge in [0.2, 0.25) is 0 Å². The first-order valence-corrected chi connectivity index (χ1v) is 9.37. The largest absolute Gasteiger partial charge is 0.478 e. The van der Waals surface area contributed by atoms with Gasteiger partial charge in [-0.15, -0.1) is 0 Å². The lowest BCUT2D eigenvalue weighted by atomic mass is 10.0. The van der Waals surface area contributed by atoms with Crippen LogP contribution in [-0.2, 0) is 0 Å². The summed E-state index contributed by atoms with van der Waals surface area (Å²) in [6, 6.07) is 18.0. The standard InChI is InChI=1S/C23H12ClFN2O3/c24-14-4-1-12(2-5-14)22-18-9-13(3-7-20(18)27-30-22)21-11-17(23(28)29)16-10-15(25)6-8-19(16)26-21/h1-11H,(H,28,29). The average Bonchev–Trinajstić information content (AvgIpc) is 3.16. The Morgan fingerprint density at radius 3 is 2.40 bits per heavy atom. The van der Waals surface area contributed by atoms with Gasteiger partial charge in [-0.1, -0.05) is 22.8 Å². The first-order valence-electron chi connectivity index (χ1n) is 8.99. The number of hydrogen-bond acceptors (Lipinski definition) is 4. The van der Waals surface area contributed by atoms with Crippen molar-refractivity contribution in [3.8, 4) is 22.6 Å². The van der Waals surface area contributed by atoms with Crippen LogP contribution in [0.2, 0.25) is 5.02 Å². The topological polar surface area (TPSA) is 76.2 Å². The number of carbonyl (C=O) groups is 1. The van der Waals surface area contributed by atoms with Crippen molar-refractivity contribution in [1.82, 2.24) is 10.1 Å². The van der Waals surface area contributed by atoms with Crippen molar-refractivity contribution in [2.24, 2.45) is 0 Å². The Morgan fingerprint density at radius 2 is 1.63 bits per heavy atom. The number of rotatable bonds is 3. The van der Waals surface area contributed by atoms with E-state index >= 15 is 0 Å². The van der Waals surface area contributed by atoms with E-state index in [-0.39, 0.29) is 10.9 Å². The molecule has 0 amide bonds. The Balaban J connectivity index is 1.70. The second kappa shape index (κ2) is 6.93. The van der Waals surface area contributed by atoms with Gasteiger partial charge in [0.15, 0.2) is 5.76 Å². The maximum absolute atomic E-state index is 13.6. The second-order valence-corrected chi connectivity index (χ2v) is 7.21. The molecule has 146 valence electrons. The van der Waals surface area contributed by atoms with Crippen molar-refractivity contribution < 1.29 is 18.8 Å². The van der Waals surface area contributed by atoms with E-state index in [1.54, 1.807) is 24.3 Å². The normalized spacial score (nSPS) is 11.3. The zero-order valence-electron chi connectivity index (χ0n) is 15.3. The van der Waals surface area contributed by atoms with Crippen LogP contribution in [0.15, 0.2) is 71.3 Å². The molecule has 0 aliphatic rings. The number of carboxylic acids is 1. The van der Waals surface area contributed by atoms with E-state index in [2.05, 4.69) is 10.1 Å². The molecule has 0 unspecified atom stereocenters. The van der Waals surface area contributed by atoms with Gasteiger partial charge in [0.25, 0.3) is 0 Å². The van der Waals surface area contributed by atoms with Gasteiger partial charge in [0.1, 0.15) is 11.3 Å². The van der Waals surface area contributed by atoms with Crippen LogP contribution in [0.3, 0.4) is 0 Å². The summed E-state index contributed by atoms with van der Waals surface area (Å²) in [6.45, 7) is 0. The predicted octanol–water partition coefficient (Wildman–Crippen LogP) is 6.20. The third-order valence-electron chi connectivity index (χ3n) is 4.88.